The summed E-state index contributed by atoms with van der Waals surface area (Å²) in [6.07, 6.45) is 1.46. The Morgan fingerprint density at radius 2 is 2.00 bits per heavy atom. The molecule has 0 radical (unpaired) electrons. The average molecular weight is 216 g/mol. The van der Waals surface area contributed by atoms with Crippen molar-refractivity contribution in [3.05, 3.63) is 0 Å². The second-order valence-electron chi connectivity index (χ2n) is 4.25. The molecule has 15 heavy (non-hydrogen) atoms. The standard InChI is InChI=1S/C11H24N2O2/c1-5-9(7-8-14)13-10(15)11(3,4)12-6-2/h9,12,14H,5-8H2,1-4H3,(H,13,15). The molecule has 0 fully saturated rings. The summed E-state index contributed by atoms with van der Waals surface area (Å²) < 4.78 is 0. The van der Waals surface area contributed by atoms with Crippen LogP contribution in [0, 0.1) is 0 Å². The van der Waals surface area contributed by atoms with Gasteiger partial charge in [-0.15, -0.1) is 0 Å². The van der Waals surface area contributed by atoms with Gasteiger partial charge in [-0.25, -0.2) is 0 Å². The molecule has 0 aliphatic heterocycles. The minimum Gasteiger partial charge on any atom is -0.396 e. The Kier molecular flexibility index (Phi) is 6.52. The number of hydrogen-bond donors (Lipinski definition) is 3. The van der Waals surface area contributed by atoms with Crippen molar-refractivity contribution in [2.75, 3.05) is 13.2 Å². The van der Waals surface area contributed by atoms with Crippen LogP contribution in [-0.4, -0.2) is 35.7 Å². The molecule has 0 rings (SSSR count). The topological polar surface area (TPSA) is 61.4 Å². The maximum atomic E-state index is 11.8. The highest BCUT2D eigenvalue weighted by atomic mass is 16.3. The Morgan fingerprint density at radius 1 is 1.40 bits per heavy atom. The Morgan fingerprint density at radius 3 is 2.40 bits per heavy atom. The zero-order chi connectivity index (χ0) is 11.9. The minimum atomic E-state index is -0.544. The average Bonchev–Trinajstić information content (AvgIpc) is 2.16. The molecular formula is C11H24N2O2. The molecule has 0 aromatic carbocycles. The van der Waals surface area contributed by atoms with Gasteiger partial charge in [-0.2, -0.15) is 0 Å². The van der Waals surface area contributed by atoms with Crippen LogP contribution in [0.15, 0.2) is 0 Å². The van der Waals surface area contributed by atoms with Gasteiger partial charge in [-0.05, 0) is 33.2 Å². The first kappa shape index (κ1) is 14.4. The van der Waals surface area contributed by atoms with Crippen molar-refractivity contribution in [1.82, 2.24) is 10.6 Å². The lowest BCUT2D eigenvalue weighted by molar-refractivity contribution is -0.127. The summed E-state index contributed by atoms with van der Waals surface area (Å²) in [4.78, 5) is 11.8. The number of nitrogens with one attached hydrogen (secondary N) is 2. The fourth-order valence-corrected chi connectivity index (χ4v) is 1.42. The van der Waals surface area contributed by atoms with Gasteiger partial charge in [0.15, 0.2) is 0 Å². The molecule has 0 aliphatic rings. The van der Waals surface area contributed by atoms with E-state index in [1.807, 2.05) is 27.7 Å². The third-order valence-electron chi connectivity index (χ3n) is 2.49. The Balaban J connectivity index is 4.20. The van der Waals surface area contributed by atoms with E-state index in [4.69, 9.17) is 5.11 Å². The summed E-state index contributed by atoms with van der Waals surface area (Å²) in [6.45, 7) is 8.56. The summed E-state index contributed by atoms with van der Waals surface area (Å²) in [7, 11) is 0. The molecule has 0 aliphatic carbocycles. The van der Waals surface area contributed by atoms with Gasteiger partial charge in [0.25, 0.3) is 0 Å². The van der Waals surface area contributed by atoms with Crippen LogP contribution in [0.2, 0.25) is 0 Å². The molecule has 3 N–H and O–H groups in total. The molecule has 0 saturated carbocycles. The van der Waals surface area contributed by atoms with Crippen molar-refractivity contribution in [1.29, 1.82) is 0 Å². The Labute approximate surface area is 92.4 Å². The number of hydrogen-bond acceptors (Lipinski definition) is 3. The molecule has 4 nitrogen and oxygen atoms in total. The molecule has 1 unspecified atom stereocenters. The lowest BCUT2D eigenvalue weighted by Gasteiger charge is -2.27. The number of aliphatic hydroxyl groups is 1. The first-order valence-corrected chi connectivity index (χ1v) is 5.64. The van der Waals surface area contributed by atoms with Crippen molar-refractivity contribution in [3.8, 4) is 0 Å². The number of carbonyl (C=O) groups is 1. The predicted molar refractivity (Wildman–Crippen MR) is 61.7 cm³/mol. The highest BCUT2D eigenvalue weighted by Crippen LogP contribution is 2.04. The van der Waals surface area contributed by atoms with E-state index in [-0.39, 0.29) is 18.6 Å². The Hall–Kier alpha value is -0.610. The van der Waals surface area contributed by atoms with Crippen LogP contribution in [0.4, 0.5) is 0 Å². The van der Waals surface area contributed by atoms with Gasteiger partial charge in [0.1, 0.15) is 0 Å². The van der Waals surface area contributed by atoms with E-state index in [0.717, 1.165) is 13.0 Å². The van der Waals surface area contributed by atoms with Gasteiger partial charge in [0.05, 0.1) is 5.54 Å². The van der Waals surface area contributed by atoms with Gasteiger partial charge >= 0.3 is 0 Å². The van der Waals surface area contributed by atoms with E-state index in [9.17, 15) is 4.79 Å². The third kappa shape index (κ3) is 5.14. The van der Waals surface area contributed by atoms with E-state index in [1.54, 1.807) is 0 Å². The fraction of sp³-hybridized carbons (Fsp3) is 0.909. The Bertz CT molecular complexity index is 193. The van der Waals surface area contributed by atoms with Crippen molar-refractivity contribution < 1.29 is 9.90 Å². The first-order valence-electron chi connectivity index (χ1n) is 5.64. The zero-order valence-corrected chi connectivity index (χ0v) is 10.3. The highest BCUT2D eigenvalue weighted by molar-refractivity contribution is 5.85. The number of aliphatic hydroxyl groups excluding tert-OH is 1. The number of rotatable bonds is 7. The number of carbonyl (C=O) groups excluding carboxylic acids is 1. The molecule has 0 aromatic heterocycles. The van der Waals surface area contributed by atoms with E-state index >= 15 is 0 Å². The van der Waals surface area contributed by atoms with Crippen LogP contribution < -0.4 is 10.6 Å². The van der Waals surface area contributed by atoms with Gasteiger partial charge in [-0.3, -0.25) is 4.79 Å². The highest BCUT2D eigenvalue weighted by Gasteiger charge is 2.27. The molecule has 0 spiro atoms. The van der Waals surface area contributed by atoms with Gasteiger partial charge in [0, 0.05) is 12.6 Å². The van der Waals surface area contributed by atoms with Crippen molar-refractivity contribution in [2.24, 2.45) is 0 Å². The monoisotopic (exact) mass is 216 g/mol. The normalized spacial score (nSPS) is 13.7. The summed E-state index contributed by atoms with van der Waals surface area (Å²) in [5.41, 5.74) is -0.544. The van der Waals surface area contributed by atoms with Crippen LogP contribution in [0.5, 0.6) is 0 Å². The second kappa shape index (κ2) is 6.80. The molecule has 90 valence electrons. The van der Waals surface area contributed by atoms with Gasteiger partial charge in [0.2, 0.25) is 5.91 Å². The molecule has 1 amide bonds. The fourth-order valence-electron chi connectivity index (χ4n) is 1.42. The first-order chi connectivity index (χ1) is 6.97. The molecule has 0 bridgehead atoms. The summed E-state index contributed by atoms with van der Waals surface area (Å²) in [6, 6.07) is 0.0698. The van der Waals surface area contributed by atoms with Crippen LogP contribution in [-0.2, 0) is 4.79 Å². The van der Waals surface area contributed by atoms with Gasteiger partial charge in [-0.1, -0.05) is 13.8 Å². The number of amides is 1. The van der Waals surface area contributed by atoms with Crippen LogP contribution in [0.25, 0.3) is 0 Å². The van der Waals surface area contributed by atoms with Crippen molar-refractivity contribution >= 4 is 5.91 Å². The smallest absolute Gasteiger partial charge is 0.239 e. The maximum absolute atomic E-state index is 11.8. The van der Waals surface area contributed by atoms with Crippen LogP contribution in [0.3, 0.4) is 0 Å². The maximum Gasteiger partial charge on any atom is 0.239 e. The molecular weight excluding hydrogens is 192 g/mol. The second-order valence-corrected chi connectivity index (χ2v) is 4.25. The van der Waals surface area contributed by atoms with E-state index in [1.165, 1.54) is 0 Å². The molecule has 0 saturated heterocycles. The summed E-state index contributed by atoms with van der Waals surface area (Å²) >= 11 is 0. The van der Waals surface area contributed by atoms with Gasteiger partial charge < -0.3 is 15.7 Å². The summed E-state index contributed by atoms with van der Waals surface area (Å²) in [5, 5.41) is 14.9. The SMILES string of the molecule is CCNC(C)(C)C(=O)NC(CC)CCO. The van der Waals surface area contributed by atoms with E-state index in [0.29, 0.717) is 6.42 Å². The molecule has 1 atom stereocenters. The van der Waals surface area contributed by atoms with E-state index < -0.39 is 5.54 Å². The number of likely N-dealkylation sites (N-methyl/N-ethyl adjacent to an activating group) is 1. The lowest BCUT2D eigenvalue weighted by atomic mass is 10.0. The molecule has 0 heterocycles. The van der Waals surface area contributed by atoms with Crippen molar-refractivity contribution in [3.63, 3.8) is 0 Å². The summed E-state index contributed by atoms with van der Waals surface area (Å²) in [5.74, 6) is -0.00958. The molecule has 4 heteroatoms. The quantitative estimate of drug-likeness (QED) is 0.585. The van der Waals surface area contributed by atoms with Crippen molar-refractivity contribution in [2.45, 2.75) is 52.1 Å². The minimum absolute atomic E-state index is 0.00958. The largest absolute Gasteiger partial charge is 0.396 e. The van der Waals surface area contributed by atoms with Crippen LogP contribution in [0.1, 0.15) is 40.5 Å². The zero-order valence-electron chi connectivity index (χ0n) is 10.3. The lowest BCUT2D eigenvalue weighted by Crippen LogP contribution is -2.54. The third-order valence-corrected chi connectivity index (χ3v) is 2.49. The molecule has 0 aromatic rings. The van der Waals surface area contributed by atoms with E-state index in [2.05, 4.69) is 10.6 Å². The predicted octanol–water partition coefficient (Wildman–Crippen LogP) is 0.652. The van der Waals surface area contributed by atoms with Crippen LogP contribution >= 0.6 is 0 Å².